The normalized spacial score (nSPS) is 18.7. The van der Waals surface area contributed by atoms with Gasteiger partial charge in [-0.1, -0.05) is 115 Å². The molecule has 1 fully saturated rings. The maximum atomic E-state index is 2.46. The number of aryl methyl sites for hydroxylation is 1. The molecule has 0 N–H and O–H groups in total. The molecule has 1 aromatic rings. The second kappa shape index (κ2) is 8.78. The van der Waals surface area contributed by atoms with E-state index in [0.717, 1.165) is 6.71 Å². The van der Waals surface area contributed by atoms with E-state index in [0.29, 0.717) is 10.8 Å². The SMILES string of the molecule is CCCCCCCCCc1cccc(B2CC(C)(C)C(C)(C)C2)c1C. The lowest BCUT2D eigenvalue weighted by Gasteiger charge is -2.35. The van der Waals surface area contributed by atoms with Crippen LogP contribution < -0.4 is 5.46 Å². The van der Waals surface area contributed by atoms with E-state index in [9.17, 15) is 0 Å². The molecule has 0 saturated carbocycles. The molecular formula is C24H41B. The van der Waals surface area contributed by atoms with Gasteiger partial charge in [0.1, 0.15) is 0 Å². The Bertz CT molecular complexity index is 525. The lowest BCUT2D eigenvalue weighted by atomic mass is 9.41. The van der Waals surface area contributed by atoms with Crippen molar-refractivity contribution in [2.75, 3.05) is 0 Å². The van der Waals surface area contributed by atoms with Gasteiger partial charge in [0.25, 0.3) is 0 Å². The average molecular weight is 340 g/mol. The minimum absolute atomic E-state index is 0.443. The van der Waals surface area contributed by atoms with Crippen molar-refractivity contribution in [2.45, 2.75) is 106 Å². The van der Waals surface area contributed by atoms with E-state index in [1.54, 1.807) is 16.6 Å². The highest BCUT2D eigenvalue weighted by Crippen LogP contribution is 2.52. The molecule has 1 aliphatic heterocycles. The van der Waals surface area contributed by atoms with Gasteiger partial charge in [-0.15, -0.1) is 0 Å². The van der Waals surface area contributed by atoms with Crippen molar-refractivity contribution >= 4 is 12.2 Å². The predicted octanol–water partition coefficient (Wildman–Crippen LogP) is 7.06. The lowest BCUT2D eigenvalue weighted by Crippen LogP contribution is -2.31. The summed E-state index contributed by atoms with van der Waals surface area (Å²) in [5.41, 5.74) is 5.72. The van der Waals surface area contributed by atoms with E-state index in [-0.39, 0.29) is 0 Å². The Morgan fingerprint density at radius 1 is 0.840 bits per heavy atom. The third-order valence-corrected chi connectivity index (χ3v) is 7.32. The van der Waals surface area contributed by atoms with Crippen molar-refractivity contribution in [1.82, 2.24) is 0 Å². The van der Waals surface area contributed by atoms with Crippen LogP contribution in [0.4, 0.5) is 0 Å². The maximum Gasteiger partial charge on any atom is 0.177 e. The van der Waals surface area contributed by atoms with Gasteiger partial charge in [0.05, 0.1) is 0 Å². The van der Waals surface area contributed by atoms with Crippen LogP contribution >= 0.6 is 0 Å². The first-order valence-corrected chi connectivity index (χ1v) is 10.9. The van der Waals surface area contributed by atoms with E-state index >= 15 is 0 Å². The van der Waals surface area contributed by atoms with Crippen LogP contribution in [0, 0.1) is 17.8 Å². The van der Waals surface area contributed by atoms with Crippen molar-refractivity contribution in [3.63, 3.8) is 0 Å². The summed E-state index contributed by atoms with van der Waals surface area (Å²) in [6.45, 7) is 15.3. The van der Waals surface area contributed by atoms with Gasteiger partial charge in [-0.3, -0.25) is 0 Å². The maximum absolute atomic E-state index is 2.46. The summed E-state index contributed by atoms with van der Waals surface area (Å²) in [6, 6.07) is 7.10. The molecule has 0 radical (unpaired) electrons. The summed E-state index contributed by atoms with van der Waals surface area (Å²) in [6.07, 6.45) is 13.7. The molecule has 1 heteroatoms. The summed E-state index contributed by atoms with van der Waals surface area (Å²) < 4.78 is 0. The van der Waals surface area contributed by atoms with Crippen molar-refractivity contribution in [3.05, 3.63) is 29.3 Å². The summed E-state index contributed by atoms with van der Waals surface area (Å²) in [5.74, 6) is 0. The Hall–Kier alpha value is -0.715. The van der Waals surface area contributed by atoms with Crippen molar-refractivity contribution in [3.8, 4) is 0 Å². The molecule has 1 saturated heterocycles. The fraction of sp³-hybridized carbons (Fsp3) is 0.750. The summed E-state index contributed by atoms with van der Waals surface area (Å²) in [4.78, 5) is 0. The van der Waals surface area contributed by atoms with E-state index in [1.807, 2.05) is 0 Å². The zero-order chi connectivity index (χ0) is 18.5. The van der Waals surface area contributed by atoms with Crippen molar-refractivity contribution in [2.24, 2.45) is 10.8 Å². The van der Waals surface area contributed by atoms with Crippen LogP contribution in [0.3, 0.4) is 0 Å². The van der Waals surface area contributed by atoms with Crippen LogP contribution in [0.5, 0.6) is 0 Å². The van der Waals surface area contributed by atoms with Gasteiger partial charge in [0.2, 0.25) is 0 Å². The number of unbranched alkanes of at least 4 members (excludes halogenated alkanes) is 6. The quantitative estimate of drug-likeness (QED) is 0.333. The first-order chi connectivity index (χ1) is 11.8. The van der Waals surface area contributed by atoms with E-state index in [1.165, 1.54) is 64.0 Å². The molecule has 0 amide bonds. The van der Waals surface area contributed by atoms with Crippen LogP contribution in [0.1, 0.15) is 90.7 Å². The van der Waals surface area contributed by atoms with Gasteiger partial charge < -0.3 is 0 Å². The third kappa shape index (κ3) is 5.14. The van der Waals surface area contributed by atoms with Gasteiger partial charge in [0, 0.05) is 0 Å². The first kappa shape index (κ1) is 20.6. The summed E-state index contributed by atoms with van der Waals surface area (Å²) >= 11 is 0. The van der Waals surface area contributed by atoms with Gasteiger partial charge in [0.15, 0.2) is 6.71 Å². The molecule has 0 aromatic heterocycles. The molecule has 1 aromatic carbocycles. The number of rotatable bonds is 9. The smallest absolute Gasteiger partial charge is 0.0769 e. The Labute approximate surface area is 158 Å². The molecule has 0 unspecified atom stereocenters. The fourth-order valence-electron chi connectivity index (χ4n) is 4.77. The van der Waals surface area contributed by atoms with E-state index in [4.69, 9.17) is 0 Å². The molecule has 0 atom stereocenters. The van der Waals surface area contributed by atoms with E-state index in [2.05, 4.69) is 59.7 Å². The largest absolute Gasteiger partial charge is 0.177 e. The zero-order valence-electron chi connectivity index (χ0n) is 17.9. The highest BCUT2D eigenvalue weighted by atomic mass is 14.4. The lowest BCUT2D eigenvalue weighted by molar-refractivity contribution is 0.177. The highest BCUT2D eigenvalue weighted by Gasteiger charge is 2.48. The van der Waals surface area contributed by atoms with Crippen molar-refractivity contribution < 1.29 is 0 Å². The third-order valence-electron chi connectivity index (χ3n) is 7.32. The Balaban J connectivity index is 1.92. The van der Waals surface area contributed by atoms with Crippen molar-refractivity contribution in [1.29, 1.82) is 0 Å². The molecule has 1 aliphatic rings. The molecule has 0 bridgehead atoms. The number of benzene rings is 1. The molecule has 0 aliphatic carbocycles. The molecule has 25 heavy (non-hydrogen) atoms. The topological polar surface area (TPSA) is 0 Å². The molecular weight excluding hydrogens is 299 g/mol. The zero-order valence-corrected chi connectivity index (χ0v) is 17.9. The minimum atomic E-state index is 0.443. The summed E-state index contributed by atoms with van der Waals surface area (Å²) in [7, 11) is 0. The van der Waals surface area contributed by atoms with Gasteiger partial charge in [-0.2, -0.15) is 0 Å². The number of hydrogen-bond donors (Lipinski definition) is 0. The Morgan fingerprint density at radius 3 is 2.00 bits per heavy atom. The molecule has 0 nitrogen and oxygen atoms in total. The minimum Gasteiger partial charge on any atom is -0.0769 e. The van der Waals surface area contributed by atoms with Gasteiger partial charge >= 0.3 is 0 Å². The second-order valence-electron chi connectivity index (χ2n) is 9.88. The van der Waals surface area contributed by atoms with Crippen LogP contribution in [-0.4, -0.2) is 6.71 Å². The Morgan fingerprint density at radius 2 is 1.40 bits per heavy atom. The van der Waals surface area contributed by atoms with Crippen LogP contribution in [-0.2, 0) is 6.42 Å². The molecule has 1 heterocycles. The van der Waals surface area contributed by atoms with Crippen LogP contribution in [0.25, 0.3) is 0 Å². The average Bonchev–Trinajstić information content (AvgIpc) is 2.76. The van der Waals surface area contributed by atoms with Gasteiger partial charge in [-0.05, 0) is 36.2 Å². The van der Waals surface area contributed by atoms with E-state index < -0.39 is 0 Å². The molecule has 2 rings (SSSR count). The van der Waals surface area contributed by atoms with Gasteiger partial charge in [-0.25, -0.2) is 0 Å². The fourth-order valence-corrected chi connectivity index (χ4v) is 4.77. The monoisotopic (exact) mass is 340 g/mol. The second-order valence-corrected chi connectivity index (χ2v) is 9.88. The number of hydrogen-bond acceptors (Lipinski definition) is 0. The molecule has 140 valence electrons. The summed E-state index contributed by atoms with van der Waals surface area (Å²) in [5, 5.41) is 0. The van der Waals surface area contributed by atoms with Crippen LogP contribution in [0.15, 0.2) is 18.2 Å². The standard InChI is InChI=1S/C24H41B/c1-7-8-9-10-11-12-13-15-21-16-14-17-22(20(21)2)25-18-23(3,4)24(5,6)19-25/h14,16-17H,7-13,15,18-19H2,1-6H3. The van der Waals surface area contributed by atoms with Crippen LogP contribution in [0.2, 0.25) is 12.6 Å². The Kier molecular flexibility index (Phi) is 7.24. The first-order valence-electron chi connectivity index (χ1n) is 10.9. The highest BCUT2D eigenvalue weighted by molar-refractivity contribution is 6.74. The predicted molar refractivity (Wildman–Crippen MR) is 115 cm³/mol. The molecule has 0 spiro atoms.